The van der Waals surface area contributed by atoms with Crippen LogP contribution in [0.1, 0.15) is 40.0 Å². The van der Waals surface area contributed by atoms with Gasteiger partial charge in [-0.1, -0.05) is 6.07 Å². The maximum atomic E-state index is 13.0. The van der Waals surface area contributed by atoms with Gasteiger partial charge >= 0.3 is 0 Å². The molecule has 162 valence electrons. The molecule has 2 heterocycles. The number of amides is 1. The van der Waals surface area contributed by atoms with Crippen molar-refractivity contribution in [2.45, 2.75) is 32.3 Å². The van der Waals surface area contributed by atoms with Crippen LogP contribution >= 0.6 is 0 Å². The van der Waals surface area contributed by atoms with Crippen LogP contribution in [0.3, 0.4) is 0 Å². The van der Waals surface area contributed by atoms with Gasteiger partial charge in [0.05, 0.1) is 7.11 Å². The van der Waals surface area contributed by atoms with E-state index in [-0.39, 0.29) is 5.91 Å². The Labute approximate surface area is 186 Å². The highest BCUT2D eigenvalue weighted by atomic mass is 16.5. The minimum absolute atomic E-state index is 0.152. The molecule has 0 bridgehead atoms. The summed E-state index contributed by atoms with van der Waals surface area (Å²) >= 11 is 0. The smallest absolute Gasteiger partial charge is 0.255 e. The van der Waals surface area contributed by atoms with Gasteiger partial charge in [-0.05, 0) is 67.6 Å². The maximum Gasteiger partial charge on any atom is 0.255 e. The topological polar surface area (TPSA) is 76.2 Å². The molecule has 32 heavy (non-hydrogen) atoms. The molecule has 0 saturated heterocycles. The van der Waals surface area contributed by atoms with Crippen molar-refractivity contribution in [3.05, 3.63) is 83.3 Å². The van der Waals surface area contributed by atoms with Gasteiger partial charge in [-0.2, -0.15) is 0 Å². The highest BCUT2D eigenvalue weighted by Crippen LogP contribution is 2.32. The zero-order chi connectivity index (χ0) is 21.9. The third-order valence-electron chi connectivity index (χ3n) is 5.90. The average Bonchev–Trinajstić information content (AvgIpc) is 3.21. The van der Waals surface area contributed by atoms with Crippen molar-refractivity contribution < 1.29 is 14.3 Å². The third-order valence-corrected chi connectivity index (χ3v) is 5.90. The van der Waals surface area contributed by atoms with Gasteiger partial charge in [0.2, 0.25) is 0 Å². The molecule has 0 aliphatic heterocycles. The SMILES string of the molecule is COc1ccc(NC(=O)c2ccc3[nH]c4c(c3c2)CCCC4)cc1OCc1cccnc1. The lowest BCUT2D eigenvalue weighted by Gasteiger charge is -2.13. The number of benzene rings is 2. The fraction of sp³-hybridized carbons (Fsp3) is 0.231. The van der Waals surface area contributed by atoms with Crippen molar-refractivity contribution >= 4 is 22.5 Å². The van der Waals surface area contributed by atoms with E-state index >= 15 is 0 Å². The van der Waals surface area contributed by atoms with Crippen molar-refractivity contribution in [2.24, 2.45) is 0 Å². The van der Waals surface area contributed by atoms with Gasteiger partial charge < -0.3 is 19.8 Å². The van der Waals surface area contributed by atoms with E-state index in [2.05, 4.69) is 15.3 Å². The number of anilines is 1. The van der Waals surface area contributed by atoms with E-state index in [4.69, 9.17) is 9.47 Å². The molecule has 2 aromatic heterocycles. The number of aromatic amines is 1. The van der Waals surface area contributed by atoms with Gasteiger partial charge in [0.25, 0.3) is 5.91 Å². The molecule has 2 N–H and O–H groups in total. The molecule has 6 nitrogen and oxygen atoms in total. The fourth-order valence-corrected chi connectivity index (χ4v) is 4.26. The highest BCUT2D eigenvalue weighted by Gasteiger charge is 2.17. The van der Waals surface area contributed by atoms with E-state index in [9.17, 15) is 4.79 Å². The van der Waals surface area contributed by atoms with Crippen LogP contribution in [0.2, 0.25) is 0 Å². The number of fused-ring (bicyclic) bond motifs is 3. The number of aryl methyl sites for hydroxylation is 2. The Morgan fingerprint density at radius 2 is 2.00 bits per heavy atom. The summed E-state index contributed by atoms with van der Waals surface area (Å²) < 4.78 is 11.3. The van der Waals surface area contributed by atoms with E-state index in [0.717, 1.165) is 29.3 Å². The van der Waals surface area contributed by atoms with E-state index < -0.39 is 0 Å². The third kappa shape index (κ3) is 4.04. The van der Waals surface area contributed by atoms with Crippen LogP contribution < -0.4 is 14.8 Å². The normalized spacial score (nSPS) is 12.9. The predicted octanol–water partition coefficient (Wildman–Crippen LogP) is 5.28. The standard InChI is InChI=1S/C26H25N3O3/c1-31-24-11-9-19(14-25(24)32-16-17-5-4-12-27-15-17)28-26(30)18-8-10-23-21(13-18)20-6-2-3-7-22(20)29-23/h4-5,8-15,29H,2-3,6-7,16H2,1H3,(H,28,30). The van der Waals surface area contributed by atoms with E-state index in [1.807, 2.05) is 36.4 Å². The lowest BCUT2D eigenvalue weighted by atomic mass is 9.95. The number of aromatic nitrogens is 2. The molecule has 0 saturated carbocycles. The minimum atomic E-state index is -0.152. The first-order chi connectivity index (χ1) is 15.7. The van der Waals surface area contributed by atoms with Gasteiger partial charge in [0, 0.05) is 51.9 Å². The summed E-state index contributed by atoms with van der Waals surface area (Å²) in [6, 6.07) is 15.1. The lowest BCUT2D eigenvalue weighted by Crippen LogP contribution is -2.12. The van der Waals surface area contributed by atoms with E-state index in [1.165, 1.54) is 24.1 Å². The summed E-state index contributed by atoms with van der Waals surface area (Å²) in [4.78, 5) is 20.6. The van der Waals surface area contributed by atoms with Crippen LogP contribution in [0.5, 0.6) is 11.5 Å². The first kappa shape index (κ1) is 20.1. The molecule has 0 fully saturated rings. The quantitative estimate of drug-likeness (QED) is 0.439. The van der Waals surface area contributed by atoms with Crippen LogP contribution in [-0.4, -0.2) is 23.0 Å². The largest absolute Gasteiger partial charge is 0.493 e. The molecule has 0 atom stereocenters. The van der Waals surface area contributed by atoms with Gasteiger partial charge in [-0.3, -0.25) is 9.78 Å². The van der Waals surface area contributed by atoms with Crippen LogP contribution in [0.15, 0.2) is 60.9 Å². The number of hydrogen-bond acceptors (Lipinski definition) is 4. The Balaban J connectivity index is 1.35. The van der Waals surface area contributed by atoms with Crippen LogP contribution in [0, 0.1) is 0 Å². The summed E-state index contributed by atoms with van der Waals surface area (Å²) in [6.45, 7) is 0.358. The Kier molecular flexibility index (Phi) is 5.50. The summed E-state index contributed by atoms with van der Waals surface area (Å²) in [6.07, 6.45) is 8.05. The number of ether oxygens (including phenoxy) is 2. The number of carbonyl (C=O) groups excluding carboxylic acids is 1. The highest BCUT2D eigenvalue weighted by molar-refractivity contribution is 6.06. The second-order valence-corrected chi connectivity index (χ2v) is 8.02. The molecule has 1 amide bonds. The molecule has 4 aromatic rings. The number of H-pyrrole nitrogens is 1. The van der Waals surface area contributed by atoms with Gasteiger partial charge in [-0.25, -0.2) is 0 Å². The van der Waals surface area contributed by atoms with Crippen molar-refractivity contribution in [1.82, 2.24) is 9.97 Å². The zero-order valence-corrected chi connectivity index (χ0v) is 18.0. The first-order valence-corrected chi connectivity index (χ1v) is 10.9. The molecular weight excluding hydrogens is 402 g/mol. The summed E-state index contributed by atoms with van der Waals surface area (Å²) in [5.41, 5.74) is 6.01. The minimum Gasteiger partial charge on any atom is -0.493 e. The molecule has 5 rings (SSSR count). The number of hydrogen-bond donors (Lipinski definition) is 2. The molecule has 2 aromatic carbocycles. The van der Waals surface area contributed by atoms with Gasteiger partial charge in [-0.15, -0.1) is 0 Å². The summed E-state index contributed by atoms with van der Waals surface area (Å²) in [5.74, 6) is 1.01. The molecule has 6 heteroatoms. The maximum absolute atomic E-state index is 13.0. The number of pyridine rings is 1. The summed E-state index contributed by atoms with van der Waals surface area (Å²) in [5, 5.41) is 4.14. The van der Waals surface area contributed by atoms with Crippen LogP contribution in [-0.2, 0) is 19.4 Å². The molecular formula is C26H25N3O3. The van der Waals surface area contributed by atoms with Crippen molar-refractivity contribution in [3.63, 3.8) is 0 Å². The molecule has 0 unspecified atom stereocenters. The summed E-state index contributed by atoms with van der Waals surface area (Å²) in [7, 11) is 1.59. The fourth-order valence-electron chi connectivity index (χ4n) is 4.26. The zero-order valence-electron chi connectivity index (χ0n) is 18.0. The van der Waals surface area contributed by atoms with E-state index in [1.54, 1.807) is 31.6 Å². The Morgan fingerprint density at radius 1 is 1.09 bits per heavy atom. The second kappa shape index (κ2) is 8.75. The van der Waals surface area contributed by atoms with Crippen molar-refractivity contribution in [2.75, 3.05) is 12.4 Å². The molecule has 1 aliphatic carbocycles. The first-order valence-electron chi connectivity index (χ1n) is 10.9. The number of rotatable bonds is 6. The Morgan fingerprint density at radius 3 is 2.84 bits per heavy atom. The number of nitrogens with zero attached hydrogens (tertiary/aromatic N) is 1. The van der Waals surface area contributed by atoms with Gasteiger partial charge in [0.15, 0.2) is 11.5 Å². The molecule has 1 aliphatic rings. The second-order valence-electron chi connectivity index (χ2n) is 8.02. The molecule has 0 spiro atoms. The van der Waals surface area contributed by atoms with Gasteiger partial charge in [0.1, 0.15) is 6.61 Å². The Hall–Kier alpha value is -3.80. The number of carbonyl (C=O) groups is 1. The van der Waals surface area contributed by atoms with Crippen LogP contribution in [0.25, 0.3) is 10.9 Å². The number of methoxy groups -OCH3 is 1. The lowest BCUT2D eigenvalue weighted by molar-refractivity contribution is 0.102. The predicted molar refractivity (Wildman–Crippen MR) is 124 cm³/mol. The van der Waals surface area contributed by atoms with E-state index in [0.29, 0.717) is 29.4 Å². The van der Waals surface area contributed by atoms with Crippen LogP contribution in [0.4, 0.5) is 5.69 Å². The monoisotopic (exact) mass is 427 g/mol. The van der Waals surface area contributed by atoms with Crippen molar-refractivity contribution in [1.29, 1.82) is 0 Å². The Bertz CT molecular complexity index is 1260. The number of nitrogens with one attached hydrogen (secondary N) is 2. The molecule has 0 radical (unpaired) electrons. The average molecular weight is 428 g/mol. The van der Waals surface area contributed by atoms with Crippen molar-refractivity contribution in [3.8, 4) is 11.5 Å².